The van der Waals surface area contributed by atoms with E-state index in [0.717, 1.165) is 118 Å². The van der Waals surface area contributed by atoms with Crippen molar-refractivity contribution in [2.24, 2.45) is 0 Å². The third-order valence-corrected chi connectivity index (χ3v) is 8.30. The van der Waals surface area contributed by atoms with Gasteiger partial charge >= 0.3 is 0 Å². The monoisotopic (exact) mass is 578 g/mol. The summed E-state index contributed by atoms with van der Waals surface area (Å²) in [6.45, 7) is 19.2. The number of nitrogens with zero attached hydrogens (tertiary/aromatic N) is 2. The Morgan fingerprint density at radius 2 is 0.952 bits per heavy atom. The van der Waals surface area contributed by atoms with Crippen molar-refractivity contribution < 1.29 is 0 Å². The molecule has 0 aromatic heterocycles. The number of rotatable bonds is 5. The van der Waals surface area contributed by atoms with Crippen LogP contribution < -0.4 is 31.9 Å². The Morgan fingerprint density at radius 1 is 0.452 bits per heavy atom. The van der Waals surface area contributed by atoms with E-state index < -0.39 is 0 Å². The number of benzene rings is 2. The topological polar surface area (TPSA) is 78.7 Å². The molecule has 2 aromatic rings. The molecule has 2 aliphatic rings. The largest absolute Gasteiger partial charge is 0.315 e. The van der Waals surface area contributed by atoms with Crippen LogP contribution in [0, 0.1) is 0 Å². The van der Waals surface area contributed by atoms with Crippen LogP contribution >= 0.6 is 0 Å². The smallest absolute Gasteiger partial charge is 0.0240 e. The minimum absolute atomic E-state index is 0.988. The Morgan fingerprint density at radius 3 is 1.52 bits per heavy atom. The molecule has 2 saturated heterocycles. The molecule has 0 atom stereocenters. The minimum Gasteiger partial charge on any atom is -0.315 e. The highest BCUT2D eigenvalue weighted by atomic mass is 15.1. The summed E-state index contributed by atoms with van der Waals surface area (Å²) in [7, 11) is 0. The van der Waals surface area contributed by atoms with Crippen molar-refractivity contribution in [3.05, 3.63) is 59.7 Å². The Hall–Kier alpha value is -1.88. The van der Waals surface area contributed by atoms with Crippen LogP contribution in [0.15, 0.2) is 48.5 Å². The minimum atomic E-state index is 0.988. The molecule has 2 fully saturated rings. The van der Waals surface area contributed by atoms with Crippen LogP contribution in [0.3, 0.4) is 0 Å². The molecule has 2 heterocycles. The number of nitrogens with one attached hydrogen (secondary N) is 6. The predicted molar refractivity (Wildman–Crippen MR) is 178 cm³/mol. The summed E-state index contributed by atoms with van der Waals surface area (Å²) < 4.78 is 0. The molecule has 0 unspecified atom stereocenters. The zero-order chi connectivity index (χ0) is 28.9. The van der Waals surface area contributed by atoms with Crippen molar-refractivity contribution >= 4 is 0 Å². The molecule has 2 aliphatic heterocycles. The van der Waals surface area contributed by atoms with Gasteiger partial charge in [0.15, 0.2) is 0 Å². The molecule has 2 aromatic carbocycles. The summed E-state index contributed by atoms with van der Waals surface area (Å²) >= 11 is 0. The van der Waals surface area contributed by atoms with E-state index in [1.165, 1.54) is 47.9 Å². The number of hydrogen-bond acceptors (Lipinski definition) is 8. The Balaban J connectivity index is 1.44. The second kappa shape index (κ2) is 20.9. The summed E-state index contributed by atoms with van der Waals surface area (Å²) in [6, 6.07) is 18.3. The molecule has 8 heteroatoms. The first kappa shape index (κ1) is 33.0. The van der Waals surface area contributed by atoms with Gasteiger partial charge in [-0.15, -0.1) is 0 Å². The maximum absolute atomic E-state index is 3.67. The van der Waals surface area contributed by atoms with Crippen molar-refractivity contribution in [2.75, 3.05) is 105 Å². The van der Waals surface area contributed by atoms with Gasteiger partial charge in [0.1, 0.15) is 0 Å². The van der Waals surface area contributed by atoms with Crippen LogP contribution in [0.5, 0.6) is 0 Å². The Bertz CT molecular complexity index is 928. The predicted octanol–water partition coefficient (Wildman–Crippen LogP) is 2.08. The lowest BCUT2D eigenvalue weighted by molar-refractivity contribution is 0.258. The van der Waals surface area contributed by atoms with Crippen LogP contribution in [0.1, 0.15) is 36.8 Å². The van der Waals surface area contributed by atoms with E-state index in [4.69, 9.17) is 0 Å². The van der Waals surface area contributed by atoms with Gasteiger partial charge in [0.05, 0.1) is 0 Å². The van der Waals surface area contributed by atoms with E-state index in [1.807, 2.05) is 0 Å². The lowest BCUT2D eigenvalue weighted by Gasteiger charge is -2.26. The second-order valence-electron chi connectivity index (χ2n) is 11.8. The quantitative estimate of drug-likeness (QED) is 0.322. The molecule has 8 nitrogen and oxygen atoms in total. The molecule has 0 saturated carbocycles. The Labute approximate surface area is 255 Å². The van der Waals surface area contributed by atoms with E-state index in [2.05, 4.69) is 90.2 Å². The zero-order valence-corrected chi connectivity index (χ0v) is 26.1. The SMILES string of the molecule is c1ccc(-c2cc(CN3CCCNCCNCCCNCC3)ccc2CN2CCCNCCNCCCNCC2)cc1. The van der Waals surface area contributed by atoms with Crippen molar-refractivity contribution in [1.82, 2.24) is 41.7 Å². The standard InChI is InChI=1S/C34H58N8/c1-2-8-32(9-3-1)34-28-31(29-41-24-6-16-37-20-18-35-12-4-14-39-22-26-41)10-11-33(34)30-42-25-7-17-38-21-19-36-13-5-15-40-23-27-42/h1-3,8-11,28,35-40H,4-7,12-27,29-30H2. The van der Waals surface area contributed by atoms with Crippen molar-refractivity contribution in [1.29, 1.82) is 0 Å². The summed E-state index contributed by atoms with van der Waals surface area (Å²) in [5, 5.41) is 21.6. The van der Waals surface area contributed by atoms with E-state index >= 15 is 0 Å². The summed E-state index contributed by atoms with van der Waals surface area (Å²) in [5.74, 6) is 0. The highest BCUT2D eigenvalue weighted by Gasteiger charge is 2.14. The van der Waals surface area contributed by atoms with Gasteiger partial charge in [-0.25, -0.2) is 0 Å². The Kier molecular flexibility index (Phi) is 16.5. The van der Waals surface area contributed by atoms with Gasteiger partial charge in [0.2, 0.25) is 0 Å². The molecule has 0 bridgehead atoms. The van der Waals surface area contributed by atoms with Gasteiger partial charge in [-0.05, 0) is 106 Å². The second-order valence-corrected chi connectivity index (χ2v) is 11.8. The van der Waals surface area contributed by atoms with Crippen LogP contribution in [-0.4, -0.2) is 115 Å². The summed E-state index contributed by atoms with van der Waals surface area (Å²) in [6.07, 6.45) is 4.72. The van der Waals surface area contributed by atoms with Crippen LogP contribution in [0.25, 0.3) is 11.1 Å². The number of hydrogen-bond donors (Lipinski definition) is 6. The van der Waals surface area contributed by atoms with Gasteiger partial charge in [0, 0.05) is 65.4 Å². The van der Waals surface area contributed by atoms with Gasteiger partial charge < -0.3 is 31.9 Å². The van der Waals surface area contributed by atoms with Crippen LogP contribution in [-0.2, 0) is 13.1 Å². The van der Waals surface area contributed by atoms with E-state index in [0.29, 0.717) is 0 Å². The summed E-state index contributed by atoms with van der Waals surface area (Å²) in [5.41, 5.74) is 5.56. The molecular formula is C34H58N8. The van der Waals surface area contributed by atoms with Crippen molar-refractivity contribution in [3.8, 4) is 11.1 Å². The normalized spacial score (nSPS) is 21.2. The first-order valence-electron chi connectivity index (χ1n) is 16.7. The van der Waals surface area contributed by atoms with Crippen molar-refractivity contribution in [2.45, 2.75) is 38.8 Å². The average molecular weight is 579 g/mol. The first-order valence-corrected chi connectivity index (χ1v) is 16.7. The van der Waals surface area contributed by atoms with Gasteiger partial charge in [-0.2, -0.15) is 0 Å². The lowest BCUT2D eigenvalue weighted by Crippen LogP contribution is -2.37. The van der Waals surface area contributed by atoms with Gasteiger partial charge in [-0.1, -0.05) is 42.5 Å². The molecular weight excluding hydrogens is 520 g/mol. The van der Waals surface area contributed by atoms with Gasteiger partial charge in [-0.3, -0.25) is 9.80 Å². The molecule has 0 spiro atoms. The average Bonchev–Trinajstić information content (AvgIpc) is 3.02. The maximum atomic E-state index is 3.67. The fourth-order valence-corrected chi connectivity index (χ4v) is 5.90. The molecule has 0 aliphatic carbocycles. The maximum Gasteiger partial charge on any atom is 0.0240 e. The third kappa shape index (κ3) is 13.2. The summed E-state index contributed by atoms with van der Waals surface area (Å²) in [4.78, 5) is 5.29. The molecule has 4 rings (SSSR count). The lowest BCUT2D eigenvalue weighted by atomic mass is 9.96. The first-order chi connectivity index (χ1) is 20.9. The van der Waals surface area contributed by atoms with Crippen molar-refractivity contribution in [3.63, 3.8) is 0 Å². The fourth-order valence-electron chi connectivity index (χ4n) is 5.90. The third-order valence-electron chi connectivity index (χ3n) is 8.30. The zero-order valence-electron chi connectivity index (χ0n) is 26.1. The van der Waals surface area contributed by atoms with E-state index in [9.17, 15) is 0 Å². The van der Waals surface area contributed by atoms with Crippen LogP contribution in [0.2, 0.25) is 0 Å². The van der Waals surface area contributed by atoms with E-state index in [1.54, 1.807) is 0 Å². The van der Waals surface area contributed by atoms with E-state index in [-0.39, 0.29) is 0 Å². The molecule has 42 heavy (non-hydrogen) atoms. The molecule has 6 N–H and O–H groups in total. The highest BCUT2D eigenvalue weighted by molar-refractivity contribution is 5.68. The molecule has 0 radical (unpaired) electrons. The van der Waals surface area contributed by atoms with Gasteiger partial charge in [0.25, 0.3) is 0 Å². The highest BCUT2D eigenvalue weighted by Crippen LogP contribution is 2.27. The molecule has 234 valence electrons. The van der Waals surface area contributed by atoms with Crippen LogP contribution in [0.4, 0.5) is 0 Å². The molecule has 0 amide bonds. The fraction of sp³-hybridized carbons (Fsp3) is 0.647.